The summed E-state index contributed by atoms with van der Waals surface area (Å²) in [7, 11) is 0. The lowest BCUT2D eigenvalue weighted by Gasteiger charge is -2.20. The molecule has 0 amide bonds. The second-order valence-corrected chi connectivity index (χ2v) is 12.3. The highest BCUT2D eigenvalue weighted by molar-refractivity contribution is 6.22. The van der Waals surface area contributed by atoms with Crippen LogP contribution in [0, 0.1) is 17.9 Å². The Morgan fingerprint density at radius 1 is 0.469 bits per heavy atom. The summed E-state index contributed by atoms with van der Waals surface area (Å²) in [5.41, 5.74) is 10.3. The van der Waals surface area contributed by atoms with Gasteiger partial charge in [-0.25, -0.2) is 4.85 Å². The Morgan fingerprint density at radius 3 is 1.55 bits per heavy atom. The summed E-state index contributed by atoms with van der Waals surface area (Å²) in [6, 6.07) is 58.9. The zero-order chi connectivity index (χ0) is 32.9. The molecule has 0 aliphatic rings. The lowest BCUT2D eigenvalue weighted by molar-refractivity contribution is 1.18. The van der Waals surface area contributed by atoms with E-state index < -0.39 is 0 Å². The van der Waals surface area contributed by atoms with Crippen LogP contribution in [0.1, 0.15) is 5.56 Å². The Kier molecular flexibility index (Phi) is 6.58. The van der Waals surface area contributed by atoms with Crippen LogP contribution in [0.25, 0.3) is 87.3 Å². The lowest BCUT2D eigenvalue weighted by Crippen LogP contribution is -1.97. The molecular weight excluding hydrogens is 595 g/mol. The van der Waals surface area contributed by atoms with Gasteiger partial charge in [-0.3, -0.25) is 0 Å². The number of para-hydroxylation sites is 2. The zero-order valence-electron chi connectivity index (χ0n) is 26.4. The van der Waals surface area contributed by atoms with E-state index in [1.165, 1.54) is 16.3 Å². The highest BCUT2D eigenvalue weighted by atomic mass is 15.0. The van der Waals surface area contributed by atoms with E-state index >= 15 is 0 Å². The molecule has 0 unspecified atom stereocenters. The molecule has 0 aliphatic heterocycles. The number of rotatable bonds is 4. The van der Waals surface area contributed by atoms with Crippen molar-refractivity contribution in [3.05, 3.63) is 181 Å². The van der Waals surface area contributed by atoms with Crippen LogP contribution >= 0.6 is 0 Å². The van der Waals surface area contributed by atoms with E-state index in [1.54, 1.807) is 0 Å². The Balaban J connectivity index is 1.33. The molecule has 9 aromatic rings. The van der Waals surface area contributed by atoms with E-state index in [9.17, 15) is 5.26 Å². The fourth-order valence-electron chi connectivity index (χ4n) is 7.58. The van der Waals surface area contributed by atoms with Crippen molar-refractivity contribution in [2.45, 2.75) is 0 Å². The minimum Gasteiger partial charge on any atom is -0.309 e. The van der Waals surface area contributed by atoms with Gasteiger partial charge in [0.15, 0.2) is 5.69 Å². The molecule has 0 spiro atoms. The van der Waals surface area contributed by atoms with Crippen molar-refractivity contribution in [3.8, 4) is 45.1 Å². The van der Waals surface area contributed by atoms with Crippen LogP contribution in [0.15, 0.2) is 164 Å². The molecule has 0 radical (unpaired) electrons. The number of aromatic nitrogens is 1. The average Bonchev–Trinajstić information content (AvgIpc) is 3.51. The van der Waals surface area contributed by atoms with E-state index in [4.69, 9.17) is 6.57 Å². The molecule has 0 saturated heterocycles. The first-order chi connectivity index (χ1) is 24.2. The summed E-state index contributed by atoms with van der Waals surface area (Å²) in [4.78, 5) is 3.85. The quantitative estimate of drug-likeness (QED) is 0.142. The van der Waals surface area contributed by atoms with Crippen LogP contribution < -0.4 is 0 Å². The molecule has 0 bridgehead atoms. The van der Waals surface area contributed by atoms with Crippen molar-refractivity contribution in [2.75, 3.05) is 0 Å². The Hall–Kier alpha value is -6.94. The number of fused-ring (bicyclic) bond motifs is 5. The Labute approximate surface area is 284 Å². The SMILES string of the molecule is [C-]#[N+]c1ccc(-c2ccc(-n3c4ccccc4c4ccccc43)cc2C#N)c(-c2c3ccccc3c(-c3ccccc3)c3ccccc23)c1. The Morgan fingerprint density at radius 2 is 0.980 bits per heavy atom. The van der Waals surface area contributed by atoms with Crippen LogP contribution in [0.5, 0.6) is 0 Å². The number of nitrogens with zero attached hydrogens (tertiary/aromatic N) is 3. The molecule has 9 rings (SSSR count). The number of benzene rings is 8. The molecule has 1 heterocycles. The predicted molar refractivity (Wildman–Crippen MR) is 203 cm³/mol. The third kappa shape index (κ3) is 4.42. The normalized spacial score (nSPS) is 11.2. The van der Waals surface area contributed by atoms with Crippen LogP contribution in [-0.4, -0.2) is 4.57 Å². The highest BCUT2D eigenvalue weighted by Gasteiger charge is 2.21. The predicted octanol–water partition coefficient (Wildman–Crippen LogP) is 12.5. The van der Waals surface area contributed by atoms with Crippen LogP contribution in [0.2, 0.25) is 0 Å². The largest absolute Gasteiger partial charge is 0.309 e. The summed E-state index contributed by atoms with van der Waals surface area (Å²) < 4.78 is 2.24. The molecule has 1 aromatic heterocycles. The van der Waals surface area contributed by atoms with E-state index in [1.807, 2.05) is 30.3 Å². The zero-order valence-corrected chi connectivity index (χ0v) is 26.4. The standard InChI is InChI=1S/C46H27N3/c1-48-32-23-25-35(34-26-24-33(27-31(34)29-47)49-43-21-11-9-15-36(43)37-16-10-12-22-44(37)49)42(28-32)46-40-19-7-5-17-38(40)45(30-13-3-2-4-14-30)39-18-6-8-20-41(39)46/h2-28H. The van der Waals surface area contributed by atoms with Crippen molar-refractivity contribution >= 4 is 49.0 Å². The molecule has 0 saturated carbocycles. The maximum atomic E-state index is 10.7. The monoisotopic (exact) mass is 621 g/mol. The van der Waals surface area contributed by atoms with Gasteiger partial charge in [-0.2, -0.15) is 5.26 Å². The molecule has 49 heavy (non-hydrogen) atoms. The third-order valence-electron chi connectivity index (χ3n) is 9.65. The fourth-order valence-corrected chi connectivity index (χ4v) is 7.58. The molecular formula is C46H27N3. The van der Waals surface area contributed by atoms with Gasteiger partial charge < -0.3 is 4.57 Å². The maximum Gasteiger partial charge on any atom is 0.187 e. The summed E-state index contributed by atoms with van der Waals surface area (Å²) in [5.74, 6) is 0. The van der Waals surface area contributed by atoms with Crippen LogP contribution in [0.4, 0.5) is 5.69 Å². The van der Waals surface area contributed by atoms with Crippen molar-refractivity contribution in [1.82, 2.24) is 4.57 Å². The van der Waals surface area contributed by atoms with E-state index in [0.29, 0.717) is 11.3 Å². The van der Waals surface area contributed by atoms with Crippen LogP contribution in [0.3, 0.4) is 0 Å². The summed E-state index contributed by atoms with van der Waals surface area (Å²) in [5, 5.41) is 17.5. The first kappa shape index (κ1) is 28.3. The van der Waals surface area contributed by atoms with Gasteiger partial charge in [0.05, 0.1) is 29.2 Å². The lowest BCUT2D eigenvalue weighted by atomic mass is 9.83. The smallest absolute Gasteiger partial charge is 0.187 e. The van der Waals surface area contributed by atoms with Crippen molar-refractivity contribution in [2.24, 2.45) is 0 Å². The van der Waals surface area contributed by atoms with E-state index in [-0.39, 0.29) is 0 Å². The molecule has 0 fully saturated rings. The summed E-state index contributed by atoms with van der Waals surface area (Å²) in [6.07, 6.45) is 0. The molecule has 0 aliphatic carbocycles. The van der Waals surface area contributed by atoms with E-state index in [2.05, 4.69) is 149 Å². The van der Waals surface area contributed by atoms with E-state index in [0.717, 1.165) is 66.1 Å². The minimum atomic E-state index is 0.555. The van der Waals surface area contributed by atoms with Crippen molar-refractivity contribution < 1.29 is 0 Å². The van der Waals surface area contributed by atoms with Gasteiger partial charge in [-0.15, -0.1) is 0 Å². The minimum absolute atomic E-state index is 0.555. The van der Waals surface area contributed by atoms with Crippen LogP contribution in [-0.2, 0) is 0 Å². The first-order valence-corrected chi connectivity index (χ1v) is 16.3. The van der Waals surface area contributed by atoms with Gasteiger partial charge in [0, 0.05) is 22.0 Å². The topological polar surface area (TPSA) is 33.1 Å². The number of hydrogen-bond acceptors (Lipinski definition) is 1. The molecule has 0 atom stereocenters. The molecule has 0 N–H and O–H groups in total. The molecule has 8 aromatic carbocycles. The molecule has 226 valence electrons. The number of nitriles is 1. The summed E-state index contributed by atoms with van der Waals surface area (Å²) in [6.45, 7) is 7.94. The van der Waals surface area contributed by atoms with Gasteiger partial charge in [-0.1, -0.05) is 133 Å². The van der Waals surface area contributed by atoms with Crippen molar-refractivity contribution in [1.29, 1.82) is 5.26 Å². The Bertz CT molecular complexity index is 2740. The summed E-state index contributed by atoms with van der Waals surface area (Å²) >= 11 is 0. The molecule has 3 heteroatoms. The fraction of sp³-hybridized carbons (Fsp3) is 0. The second-order valence-electron chi connectivity index (χ2n) is 12.3. The second kappa shape index (κ2) is 11.4. The van der Waals surface area contributed by atoms with Crippen molar-refractivity contribution in [3.63, 3.8) is 0 Å². The van der Waals surface area contributed by atoms with Gasteiger partial charge in [0.2, 0.25) is 0 Å². The van der Waals surface area contributed by atoms with Gasteiger partial charge in [-0.05, 0) is 79.7 Å². The molecule has 3 nitrogen and oxygen atoms in total. The van der Waals surface area contributed by atoms with Gasteiger partial charge in [0.1, 0.15) is 0 Å². The number of hydrogen-bond donors (Lipinski definition) is 0. The van der Waals surface area contributed by atoms with Gasteiger partial charge in [0.25, 0.3) is 0 Å². The average molecular weight is 622 g/mol. The first-order valence-electron chi connectivity index (χ1n) is 16.3. The highest BCUT2D eigenvalue weighted by Crippen LogP contribution is 2.47. The van der Waals surface area contributed by atoms with Gasteiger partial charge >= 0.3 is 0 Å². The maximum absolute atomic E-state index is 10.7. The third-order valence-corrected chi connectivity index (χ3v) is 9.65.